The van der Waals surface area contributed by atoms with Crippen molar-refractivity contribution in [3.8, 4) is 0 Å². The van der Waals surface area contributed by atoms with Crippen LogP contribution in [0.4, 0.5) is 0 Å². The Morgan fingerprint density at radius 2 is 2.20 bits per heavy atom. The van der Waals surface area contributed by atoms with E-state index in [1.165, 1.54) is 25.7 Å². The molecule has 2 N–H and O–H groups in total. The van der Waals surface area contributed by atoms with Crippen molar-refractivity contribution in [2.45, 2.75) is 57.4 Å². The van der Waals surface area contributed by atoms with Gasteiger partial charge in [-0.3, -0.25) is 0 Å². The van der Waals surface area contributed by atoms with Crippen molar-refractivity contribution in [3.63, 3.8) is 0 Å². The van der Waals surface area contributed by atoms with Gasteiger partial charge in [0.15, 0.2) is 5.82 Å². The summed E-state index contributed by atoms with van der Waals surface area (Å²) in [6, 6.07) is -0.0855. The van der Waals surface area contributed by atoms with Crippen molar-refractivity contribution in [2.24, 2.45) is 5.73 Å². The van der Waals surface area contributed by atoms with Crippen LogP contribution in [0.3, 0.4) is 0 Å². The molecule has 1 aliphatic carbocycles. The SMILES string of the molecule is CCCC(N)c1nc(C2CCCC2)no1. The standard InChI is InChI=1S/C11H19N3O/c1-2-5-9(12)11-13-10(14-15-11)8-6-3-4-7-8/h8-9H,2-7,12H2,1H3. The van der Waals surface area contributed by atoms with Gasteiger partial charge < -0.3 is 10.3 Å². The van der Waals surface area contributed by atoms with Gasteiger partial charge in [0.2, 0.25) is 5.89 Å². The minimum absolute atomic E-state index is 0.0855. The highest BCUT2D eigenvalue weighted by Crippen LogP contribution is 2.32. The Balaban J connectivity index is 2.02. The predicted molar refractivity (Wildman–Crippen MR) is 57.3 cm³/mol. The van der Waals surface area contributed by atoms with Crippen molar-refractivity contribution in [1.82, 2.24) is 10.1 Å². The average molecular weight is 209 g/mol. The summed E-state index contributed by atoms with van der Waals surface area (Å²) >= 11 is 0. The highest BCUT2D eigenvalue weighted by molar-refractivity contribution is 4.99. The van der Waals surface area contributed by atoms with Gasteiger partial charge in [0.05, 0.1) is 6.04 Å². The normalized spacial score (nSPS) is 19.6. The molecule has 0 spiro atoms. The topological polar surface area (TPSA) is 64.9 Å². The maximum atomic E-state index is 5.92. The Labute approximate surface area is 90.2 Å². The van der Waals surface area contributed by atoms with Crippen LogP contribution < -0.4 is 5.73 Å². The maximum Gasteiger partial charge on any atom is 0.243 e. The second kappa shape index (κ2) is 4.75. The van der Waals surface area contributed by atoms with Gasteiger partial charge in [-0.1, -0.05) is 31.3 Å². The van der Waals surface area contributed by atoms with Gasteiger partial charge in [-0.15, -0.1) is 0 Å². The third-order valence-corrected chi connectivity index (χ3v) is 3.09. The Bertz CT molecular complexity index is 305. The first-order valence-electron chi connectivity index (χ1n) is 5.90. The second-order valence-electron chi connectivity index (χ2n) is 4.37. The van der Waals surface area contributed by atoms with E-state index in [9.17, 15) is 0 Å². The first-order chi connectivity index (χ1) is 7.31. The highest BCUT2D eigenvalue weighted by atomic mass is 16.5. The van der Waals surface area contributed by atoms with Crippen LogP contribution in [0, 0.1) is 0 Å². The van der Waals surface area contributed by atoms with E-state index in [0.717, 1.165) is 18.7 Å². The molecule has 1 unspecified atom stereocenters. The molecule has 1 atom stereocenters. The zero-order valence-corrected chi connectivity index (χ0v) is 9.28. The fraction of sp³-hybridized carbons (Fsp3) is 0.818. The van der Waals surface area contributed by atoms with Crippen LogP contribution in [-0.2, 0) is 0 Å². The van der Waals surface area contributed by atoms with Crippen LogP contribution in [0.15, 0.2) is 4.52 Å². The van der Waals surface area contributed by atoms with E-state index in [1.807, 2.05) is 0 Å². The third kappa shape index (κ3) is 2.37. The van der Waals surface area contributed by atoms with E-state index in [4.69, 9.17) is 10.3 Å². The lowest BCUT2D eigenvalue weighted by molar-refractivity contribution is 0.342. The largest absolute Gasteiger partial charge is 0.338 e. The Kier molecular flexibility index (Phi) is 3.36. The summed E-state index contributed by atoms with van der Waals surface area (Å²) in [4.78, 5) is 4.41. The van der Waals surface area contributed by atoms with Gasteiger partial charge in [0, 0.05) is 5.92 Å². The van der Waals surface area contributed by atoms with E-state index in [-0.39, 0.29) is 6.04 Å². The van der Waals surface area contributed by atoms with Crippen molar-refractivity contribution in [1.29, 1.82) is 0 Å². The zero-order chi connectivity index (χ0) is 10.7. The molecule has 84 valence electrons. The smallest absolute Gasteiger partial charge is 0.243 e. The molecule has 0 bridgehead atoms. The van der Waals surface area contributed by atoms with Gasteiger partial charge >= 0.3 is 0 Å². The summed E-state index contributed by atoms with van der Waals surface area (Å²) in [6.45, 7) is 2.11. The quantitative estimate of drug-likeness (QED) is 0.827. The lowest BCUT2D eigenvalue weighted by Gasteiger charge is -2.03. The highest BCUT2D eigenvalue weighted by Gasteiger charge is 2.23. The van der Waals surface area contributed by atoms with Crippen molar-refractivity contribution >= 4 is 0 Å². The fourth-order valence-electron chi connectivity index (χ4n) is 2.18. The zero-order valence-electron chi connectivity index (χ0n) is 9.28. The number of hydrogen-bond donors (Lipinski definition) is 1. The van der Waals surface area contributed by atoms with Crippen molar-refractivity contribution in [3.05, 3.63) is 11.7 Å². The Hall–Kier alpha value is -0.900. The fourth-order valence-corrected chi connectivity index (χ4v) is 2.18. The monoisotopic (exact) mass is 209 g/mol. The molecule has 1 saturated carbocycles. The number of rotatable bonds is 4. The van der Waals surface area contributed by atoms with Crippen LogP contribution in [0.25, 0.3) is 0 Å². The van der Waals surface area contributed by atoms with Crippen molar-refractivity contribution in [2.75, 3.05) is 0 Å². The molecule has 4 heteroatoms. The van der Waals surface area contributed by atoms with Crippen LogP contribution in [0.2, 0.25) is 0 Å². The van der Waals surface area contributed by atoms with Gasteiger partial charge in [-0.25, -0.2) is 0 Å². The summed E-state index contributed by atoms with van der Waals surface area (Å²) in [5, 5.41) is 4.04. The van der Waals surface area contributed by atoms with E-state index in [0.29, 0.717) is 11.8 Å². The van der Waals surface area contributed by atoms with Gasteiger partial charge in [-0.2, -0.15) is 4.98 Å². The Morgan fingerprint density at radius 1 is 1.47 bits per heavy atom. The molecule has 1 fully saturated rings. The minimum Gasteiger partial charge on any atom is -0.338 e. The van der Waals surface area contributed by atoms with Gasteiger partial charge in [0.1, 0.15) is 0 Å². The lowest BCUT2D eigenvalue weighted by atomic mass is 10.1. The third-order valence-electron chi connectivity index (χ3n) is 3.09. The molecule has 0 aliphatic heterocycles. The molecule has 2 rings (SSSR count). The van der Waals surface area contributed by atoms with Crippen LogP contribution >= 0.6 is 0 Å². The lowest BCUT2D eigenvalue weighted by Crippen LogP contribution is -2.10. The van der Waals surface area contributed by atoms with Crippen molar-refractivity contribution < 1.29 is 4.52 Å². The van der Waals surface area contributed by atoms with Gasteiger partial charge in [0.25, 0.3) is 0 Å². The first kappa shape index (κ1) is 10.6. The summed E-state index contributed by atoms with van der Waals surface area (Å²) in [7, 11) is 0. The molecule has 0 saturated heterocycles. The molecule has 1 aromatic rings. The molecule has 1 aromatic heterocycles. The molecule has 0 aromatic carbocycles. The number of nitrogens with two attached hydrogens (primary N) is 1. The summed E-state index contributed by atoms with van der Waals surface area (Å²) < 4.78 is 5.21. The molecule has 1 heterocycles. The minimum atomic E-state index is -0.0855. The van der Waals surface area contributed by atoms with E-state index in [2.05, 4.69) is 17.1 Å². The molecule has 15 heavy (non-hydrogen) atoms. The number of aromatic nitrogens is 2. The van der Waals surface area contributed by atoms with Crippen LogP contribution in [-0.4, -0.2) is 10.1 Å². The average Bonchev–Trinajstić information content (AvgIpc) is 2.89. The molecular weight excluding hydrogens is 190 g/mol. The van der Waals surface area contributed by atoms with E-state index in [1.54, 1.807) is 0 Å². The molecule has 0 radical (unpaired) electrons. The summed E-state index contributed by atoms with van der Waals surface area (Å²) in [5.41, 5.74) is 5.92. The molecule has 4 nitrogen and oxygen atoms in total. The van der Waals surface area contributed by atoms with Crippen LogP contribution in [0.1, 0.15) is 69.1 Å². The first-order valence-corrected chi connectivity index (χ1v) is 5.90. The van der Waals surface area contributed by atoms with E-state index < -0.39 is 0 Å². The van der Waals surface area contributed by atoms with Crippen LogP contribution in [0.5, 0.6) is 0 Å². The second-order valence-corrected chi connectivity index (χ2v) is 4.37. The summed E-state index contributed by atoms with van der Waals surface area (Å²) in [5.74, 6) is 1.99. The molecule has 1 aliphatic rings. The van der Waals surface area contributed by atoms with E-state index >= 15 is 0 Å². The molecular formula is C11H19N3O. The molecule has 0 amide bonds. The van der Waals surface area contributed by atoms with Gasteiger partial charge in [-0.05, 0) is 19.3 Å². The summed E-state index contributed by atoms with van der Waals surface area (Å²) in [6.07, 6.45) is 6.92. The predicted octanol–water partition coefficient (Wildman–Crippen LogP) is 2.53. The Morgan fingerprint density at radius 3 is 2.87 bits per heavy atom. The maximum absolute atomic E-state index is 5.92. The number of hydrogen-bond acceptors (Lipinski definition) is 4. The number of nitrogens with zero attached hydrogens (tertiary/aromatic N) is 2.